The number of hydrogen-bond acceptors (Lipinski definition) is 5. The minimum Gasteiger partial charge on any atom is -0.504 e. The Bertz CT molecular complexity index is 662. The number of benzene rings is 2. The van der Waals surface area contributed by atoms with E-state index < -0.39 is 45.9 Å². The first-order valence-electron chi connectivity index (χ1n) is 6.40. The minimum atomic E-state index is -1.14. The van der Waals surface area contributed by atoms with Crippen LogP contribution in [0.5, 0.6) is 28.7 Å². The number of phenolic OH excluding ortho intramolecular Hbond substituents is 5. The standard InChI is InChI=1S/C13H10F2O5.C2H6/c1-4-6(14)2-5(3-7(4)15)8-9(16)11(18)13(20)12(19)10(8)17;1-2/h2-3,16-20H,1H3;1-2H3. The van der Waals surface area contributed by atoms with E-state index in [-0.39, 0.29) is 11.1 Å². The van der Waals surface area contributed by atoms with Gasteiger partial charge in [0.25, 0.3) is 0 Å². The summed E-state index contributed by atoms with van der Waals surface area (Å²) < 4.78 is 27.0. The van der Waals surface area contributed by atoms with Gasteiger partial charge in [-0.2, -0.15) is 0 Å². The summed E-state index contributed by atoms with van der Waals surface area (Å²) >= 11 is 0. The van der Waals surface area contributed by atoms with Gasteiger partial charge in [0.2, 0.25) is 17.2 Å². The van der Waals surface area contributed by atoms with Crippen LogP contribution in [0.3, 0.4) is 0 Å². The van der Waals surface area contributed by atoms with E-state index in [4.69, 9.17) is 0 Å². The van der Waals surface area contributed by atoms with Crippen LogP contribution >= 0.6 is 0 Å². The van der Waals surface area contributed by atoms with Gasteiger partial charge >= 0.3 is 0 Å². The molecular formula is C15H16F2O5. The Morgan fingerprint density at radius 2 is 1.00 bits per heavy atom. The Morgan fingerprint density at radius 1 is 0.682 bits per heavy atom. The van der Waals surface area contributed by atoms with Gasteiger partial charge in [-0.25, -0.2) is 8.78 Å². The summed E-state index contributed by atoms with van der Waals surface area (Å²) in [7, 11) is 0. The highest BCUT2D eigenvalue weighted by Gasteiger charge is 2.25. The van der Waals surface area contributed by atoms with Crippen LogP contribution in [-0.4, -0.2) is 25.5 Å². The highest BCUT2D eigenvalue weighted by molar-refractivity contribution is 5.85. The normalized spacial score (nSPS) is 10.0. The second-order valence-electron chi connectivity index (χ2n) is 4.18. The molecule has 0 aliphatic carbocycles. The molecule has 0 spiro atoms. The maximum absolute atomic E-state index is 13.5. The summed E-state index contributed by atoms with van der Waals surface area (Å²) in [5.41, 5.74) is -1.18. The lowest BCUT2D eigenvalue weighted by Crippen LogP contribution is -1.92. The third-order valence-corrected chi connectivity index (χ3v) is 2.94. The highest BCUT2D eigenvalue weighted by atomic mass is 19.1. The molecule has 0 fully saturated rings. The van der Waals surface area contributed by atoms with Crippen LogP contribution in [0.15, 0.2) is 12.1 Å². The maximum atomic E-state index is 13.5. The van der Waals surface area contributed by atoms with Crippen molar-refractivity contribution < 1.29 is 34.3 Å². The van der Waals surface area contributed by atoms with Gasteiger partial charge in [0.05, 0.1) is 5.56 Å². The van der Waals surface area contributed by atoms with Gasteiger partial charge in [-0.1, -0.05) is 13.8 Å². The molecule has 2 aromatic rings. The predicted octanol–water partition coefficient (Wildman–Crippen LogP) is 3.49. The zero-order chi connectivity index (χ0) is 17.2. The van der Waals surface area contributed by atoms with Crippen LogP contribution in [0.4, 0.5) is 8.78 Å². The molecule has 0 aliphatic rings. The van der Waals surface area contributed by atoms with E-state index in [1.807, 2.05) is 13.8 Å². The van der Waals surface area contributed by atoms with Gasteiger partial charge in [-0.3, -0.25) is 0 Å². The average molecular weight is 314 g/mol. The largest absolute Gasteiger partial charge is 0.504 e. The summed E-state index contributed by atoms with van der Waals surface area (Å²) in [5.74, 6) is -7.28. The van der Waals surface area contributed by atoms with Gasteiger partial charge in [0.15, 0.2) is 11.5 Å². The van der Waals surface area contributed by atoms with Crippen molar-refractivity contribution in [2.75, 3.05) is 0 Å². The average Bonchev–Trinajstić information content (AvgIpc) is 2.50. The number of hydrogen-bond donors (Lipinski definition) is 5. The van der Waals surface area contributed by atoms with Gasteiger partial charge in [0.1, 0.15) is 11.6 Å². The Hall–Kier alpha value is -2.70. The second kappa shape index (κ2) is 6.38. The van der Waals surface area contributed by atoms with Crippen molar-refractivity contribution >= 4 is 0 Å². The number of phenols is 5. The first-order chi connectivity index (χ1) is 10.3. The fraction of sp³-hybridized carbons (Fsp3) is 0.200. The van der Waals surface area contributed by atoms with Crippen molar-refractivity contribution in [2.24, 2.45) is 0 Å². The molecule has 0 saturated carbocycles. The molecule has 0 unspecified atom stereocenters. The second-order valence-corrected chi connectivity index (χ2v) is 4.18. The molecule has 7 heteroatoms. The van der Waals surface area contributed by atoms with Crippen molar-refractivity contribution in [3.8, 4) is 39.9 Å². The first-order valence-corrected chi connectivity index (χ1v) is 6.40. The quantitative estimate of drug-likeness (QED) is 0.410. The minimum absolute atomic E-state index is 0.264. The third-order valence-electron chi connectivity index (χ3n) is 2.94. The lowest BCUT2D eigenvalue weighted by molar-refractivity contribution is 0.330. The fourth-order valence-corrected chi connectivity index (χ4v) is 1.75. The van der Waals surface area contributed by atoms with Gasteiger partial charge in [-0.15, -0.1) is 0 Å². The van der Waals surface area contributed by atoms with Crippen molar-refractivity contribution in [1.82, 2.24) is 0 Å². The van der Waals surface area contributed by atoms with E-state index in [0.29, 0.717) is 0 Å². The van der Waals surface area contributed by atoms with E-state index in [2.05, 4.69) is 0 Å². The van der Waals surface area contributed by atoms with Crippen molar-refractivity contribution in [3.05, 3.63) is 29.3 Å². The molecule has 2 rings (SSSR count). The van der Waals surface area contributed by atoms with Gasteiger partial charge in [-0.05, 0) is 24.6 Å². The van der Waals surface area contributed by atoms with Crippen molar-refractivity contribution in [1.29, 1.82) is 0 Å². The van der Waals surface area contributed by atoms with Crippen LogP contribution in [0.25, 0.3) is 11.1 Å². The van der Waals surface area contributed by atoms with E-state index in [0.717, 1.165) is 12.1 Å². The molecule has 5 nitrogen and oxygen atoms in total. The van der Waals surface area contributed by atoms with Gasteiger partial charge < -0.3 is 25.5 Å². The molecule has 120 valence electrons. The number of halogens is 2. The Labute approximate surface area is 125 Å². The summed E-state index contributed by atoms with van der Waals surface area (Å²) in [6, 6.07) is 1.62. The first kappa shape index (κ1) is 17.4. The Morgan fingerprint density at radius 3 is 1.36 bits per heavy atom. The smallest absolute Gasteiger partial charge is 0.208 e. The molecule has 0 amide bonds. The molecule has 5 N–H and O–H groups in total. The Kier molecular flexibility index (Phi) is 5.03. The van der Waals surface area contributed by atoms with E-state index in [1.165, 1.54) is 6.92 Å². The highest BCUT2D eigenvalue weighted by Crippen LogP contribution is 2.54. The van der Waals surface area contributed by atoms with Crippen molar-refractivity contribution in [2.45, 2.75) is 20.8 Å². The molecule has 0 radical (unpaired) electrons. The number of aromatic hydroxyl groups is 5. The monoisotopic (exact) mass is 314 g/mol. The van der Waals surface area contributed by atoms with Crippen LogP contribution in [0, 0.1) is 18.6 Å². The van der Waals surface area contributed by atoms with E-state index in [9.17, 15) is 34.3 Å². The van der Waals surface area contributed by atoms with E-state index >= 15 is 0 Å². The third kappa shape index (κ3) is 2.69. The van der Waals surface area contributed by atoms with Crippen molar-refractivity contribution in [3.63, 3.8) is 0 Å². The molecule has 0 bridgehead atoms. The van der Waals surface area contributed by atoms with Crippen LogP contribution in [0.1, 0.15) is 19.4 Å². The molecule has 0 atom stereocenters. The van der Waals surface area contributed by atoms with Crippen LogP contribution in [-0.2, 0) is 0 Å². The SMILES string of the molecule is CC.Cc1c(F)cc(-c2c(O)c(O)c(O)c(O)c2O)cc1F. The lowest BCUT2D eigenvalue weighted by Gasteiger charge is -2.13. The summed E-state index contributed by atoms with van der Waals surface area (Å²) in [6.45, 7) is 5.19. The molecule has 0 heterocycles. The zero-order valence-electron chi connectivity index (χ0n) is 12.1. The summed E-state index contributed by atoms with van der Waals surface area (Å²) in [5, 5.41) is 47.3. The summed E-state index contributed by atoms with van der Waals surface area (Å²) in [6.07, 6.45) is 0. The maximum Gasteiger partial charge on any atom is 0.208 e. The number of rotatable bonds is 1. The topological polar surface area (TPSA) is 101 Å². The molecule has 22 heavy (non-hydrogen) atoms. The van der Waals surface area contributed by atoms with Crippen LogP contribution < -0.4 is 0 Å². The molecular weight excluding hydrogens is 298 g/mol. The summed E-state index contributed by atoms with van der Waals surface area (Å²) in [4.78, 5) is 0. The molecule has 0 aromatic heterocycles. The van der Waals surface area contributed by atoms with Crippen LogP contribution in [0.2, 0.25) is 0 Å². The molecule has 0 aliphatic heterocycles. The van der Waals surface area contributed by atoms with E-state index in [1.54, 1.807) is 0 Å². The molecule has 0 saturated heterocycles. The predicted molar refractivity (Wildman–Crippen MR) is 76.2 cm³/mol. The van der Waals surface area contributed by atoms with Gasteiger partial charge in [0, 0.05) is 5.56 Å². The molecule has 2 aromatic carbocycles. The Balaban J connectivity index is 0.00000116. The zero-order valence-corrected chi connectivity index (χ0v) is 12.1. The fourth-order valence-electron chi connectivity index (χ4n) is 1.75. The lowest BCUT2D eigenvalue weighted by atomic mass is 10.00.